The van der Waals surface area contributed by atoms with E-state index < -0.39 is 0 Å². The summed E-state index contributed by atoms with van der Waals surface area (Å²) in [6.07, 6.45) is 3.00. The molecule has 3 heteroatoms. The Morgan fingerprint density at radius 1 is 1.33 bits per heavy atom. The largest absolute Gasteiger partial charge is 0.314 e. The van der Waals surface area contributed by atoms with E-state index in [4.69, 9.17) is 0 Å². The Balaban J connectivity index is 2.44. The Morgan fingerprint density at radius 2 is 2.07 bits per heavy atom. The number of hydrogen-bond donors (Lipinski definition) is 1. The first-order valence-corrected chi connectivity index (χ1v) is 6.59. The molecule has 0 aliphatic heterocycles. The second kappa shape index (κ2) is 6.23. The molecular weight excluding hydrogens is 204 g/mol. The van der Waals surface area contributed by atoms with E-state index >= 15 is 0 Å². The van der Waals surface area contributed by atoms with Gasteiger partial charge in [-0.25, -0.2) is 4.98 Å². The van der Waals surface area contributed by atoms with Crippen LogP contribution in [0.25, 0.3) is 0 Å². The van der Waals surface area contributed by atoms with Crippen LogP contribution in [-0.4, -0.2) is 17.6 Å². The summed E-state index contributed by atoms with van der Waals surface area (Å²) >= 11 is 1.76. The van der Waals surface area contributed by atoms with E-state index in [0.29, 0.717) is 17.9 Å². The van der Waals surface area contributed by atoms with Crippen LogP contribution in [-0.2, 0) is 6.42 Å². The van der Waals surface area contributed by atoms with Crippen LogP contribution in [0.2, 0.25) is 0 Å². The Hall–Kier alpha value is -0.410. The van der Waals surface area contributed by atoms with E-state index in [1.807, 2.05) is 6.20 Å². The third-order valence-electron chi connectivity index (χ3n) is 2.65. The zero-order valence-electron chi connectivity index (χ0n) is 10.2. The van der Waals surface area contributed by atoms with Crippen LogP contribution in [0.15, 0.2) is 11.6 Å². The quantitative estimate of drug-likeness (QED) is 0.806. The van der Waals surface area contributed by atoms with Crippen LogP contribution in [0, 0.1) is 11.8 Å². The van der Waals surface area contributed by atoms with Gasteiger partial charge in [0.25, 0.3) is 0 Å². The number of hydrogen-bond acceptors (Lipinski definition) is 3. The highest BCUT2D eigenvalue weighted by atomic mass is 32.1. The first-order chi connectivity index (χ1) is 7.09. The highest BCUT2D eigenvalue weighted by Gasteiger charge is 2.15. The average Bonchev–Trinajstić information content (AvgIpc) is 2.63. The van der Waals surface area contributed by atoms with Gasteiger partial charge in [-0.3, -0.25) is 0 Å². The zero-order valence-corrected chi connectivity index (χ0v) is 11.0. The molecule has 0 saturated heterocycles. The molecule has 1 aromatic rings. The van der Waals surface area contributed by atoms with Gasteiger partial charge in [0.15, 0.2) is 0 Å². The summed E-state index contributed by atoms with van der Waals surface area (Å²) in [5.74, 6) is 1.40. The van der Waals surface area contributed by atoms with Crippen molar-refractivity contribution in [2.45, 2.75) is 40.2 Å². The number of nitrogens with one attached hydrogen (secondary N) is 1. The number of aromatic nitrogens is 1. The van der Waals surface area contributed by atoms with Gasteiger partial charge in [0.2, 0.25) is 0 Å². The van der Waals surface area contributed by atoms with Gasteiger partial charge < -0.3 is 5.32 Å². The lowest BCUT2D eigenvalue weighted by Gasteiger charge is -2.21. The highest BCUT2D eigenvalue weighted by Crippen LogP contribution is 2.18. The SMILES string of the molecule is CC(C)NCC(Cc1nccs1)C(C)C. The van der Waals surface area contributed by atoms with Crippen LogP contribution in [0.1, 0.15) is 32.7 Å². The molecule has 0 aliphatic carbocycles. The molecule has 1 N–H and O–H groups in total. The minimum absolute atomic E-state index is 0.572. The van der Waals surface area contributed by atoms with Crippen molar-refractivity contribution in [3.05, 3.63) is 16.6 Å². The van der Waals surface area contributed by atoms with Gasteiger partial charge in [-0.15, -0.1) is 11.3 Å². The Morgan fingerprint density at radius 3 is 2.53 bits per heavy atom. The lowest BCUT2D eigenvalue weighted by molar-refractivity contribution is 0.349. The second-order valence-corrected chi connectivity index (χ2v) is 5.68. The maximum absolute atomic E-state index is 4.36. The molecule has 2 nitrogen and oxygen atoms in total. The Bertz CT molecular complexity index is 255. The highest BCUT2D eigenvalue weighted by molar-refractivity contribution is 7.09. The van der Waals surface area contributed by atoms with E-state index in [9.17, 15) is 0 Å². The van der Waals surface area contributed by atoms with E-state index in [0.717, 1.165) is 13.0 Å². The summed E-state index contributed by atoms with van der Waals surface area (Å²) < 4.78 is 0. The first kappa shape index (κ1) is 12.7. The van der Waals surface area contributed by atoms with Crippen LogP contribution in [0.3, 0.4) is 0 Å². The molecule has 0 spiro atoms. The molecule has 0 fully saturated rings. The topological polar surface area (TPSA) is 24.9 Å². The maximum atomic E-state index is 4.36. The molecule has 1 atom stereocenters. The molecule has 0 aliphatic rings. The molecular formula is C12H22N2S. The molecule has 1 heterocycles. The van der Waals surface area contributed by atoms with Crippen molar-refractivity contribution in [3.8, 4) is 0 Å². The molecule has 0 aromatic carbocycles. The fourth-order valence-corrected chi connectivity index (χ4v) is 2.22. The monoisotopic (exact) mass is 226 g/mol. The molecule has 0 amide bonds. The van der Waals surface area contributed by atoms with Crippen LogP contribution >= 0.6 is 11.3 Å². The summed E-state index contributed by atoms with van der Waals surface area (Å²) in [4.78, 5) is 4.36. The third kappa shape index (κ3) is 4.76. The molecule has 0 saturated carbocycles. The van der Waals surface area contributed by atoms with Crippen molar-refractivity contribution in [3.63, 3.8) is 0 Å². The van der Waals surface area contributed by atoms with Crippen molar-refractivity contribution >= 4 is 11.3 Å². The van der Waals surface area contributed by atoms with E-state index in [-0.39, 0.29) is 0 Å². The third-order valence-corrected chi connectivity index (χ3v) is 3.45. The second-order valence-electron chi connectivity index (χ2n) is 4.70. The summed E-state index contributed by atoms with van der Waals surface area (Å²) in [7, 11) is 0. The van der Waals surface area contributed by atoms with Gasteiger partial charge in [-0.2, -0.15) is 0 Å². The van der Waals surface area contributed by atoms with Crippen LogP contribution in [0.5, 0.6) is 0 Å². The van der Waals surface area contributed by atoms with E-state index in [2.05, 4.69) is 43.4 Å². The molecule has 1 aromatic heterocycles. The molecule has 0 bridgehead atoms. The van der Waals surface area contributed by atoms with Crippen LogP contribution in [0.4, 0.5) is 0 Å². The minimum Gasteiger partial charge on any atom is -0.314 e. The number of nitrogens with zero attached hydrogens (tertiary/aromatic N) is 1. The van der Waals surface area contributed by atoms with Crippen molar-refractivity contribution < 1.29 is 0 Å². The molecule has 1 rings (SSSR count). The normalized spacial score (nSPS) is 13.7. The zero-order chi connectivity index (χ0) is 11.3. The Kier molecular flexibility index (Phi) is 5.26. The smallest absolute Gasteiger partial charge is 0.0928 e. The average molecular weight is 226 g/mol. The molecule has 15 heavy (non-hydrogen) atoms. The number of thiazole rings is 1. The van der Waals surface area contributed by atoms with Gasteiger partial charge in [-0.1, -0.05) is 27.7 Å². The molecule has 0 radical (unpaired) electrons. The number of rotatable bonds is 6. The lowest BCUT2D eigenvalue weighted by Crippen LogP contribution is -2.32. The predicted octanol–water partition coefficient (Wildman–Crippen LogP) is 2.96. The first-order valence-electron chi connectivity index (χ1n) is 5.71. The standard InChI is InChI=1S/C12H22N2S/c1-9(2)11(8-14-10(3)4)7-12-13-5-6-15-12/h5-6,9-11,14H,7-8H2,1-4H3. The van der Waals surface area contributed by atoms with Gasteiger partial charge >= 0.3 is 0 Å². The van der Waals surface area contributed by atoms with Crippen molar-refractivity contribution in [2.75, 3.05) is 6.54 Å². The summed E-state index contributed by atoms with van der Waals surface area (Å²) in [6, 6.07) is 0.572. The van der Waals surface area contributed by atoms with Gasteiger partial charge in [0.05, 0.1) is 5.01 Å². The van der Waals surface area contributed by atoms with Gasteiger partial charge in [-0.05, 0) is 18.4 Å². The Labute approximate surface area is 97.1 Å². The van der Waals surface area contributed by atoms with Gasteiger partial charge in [0.1, 0.15) is 0 Å². The fourth-order valence-electron chi connectivity index (χ4n) is 1.51. The van der Waals surface area contributed by atoms with Gasteiger partial charge in [0, 0.05) is 24.0 Å². The fraction of sp³-hybridized carbons (Fsp3) is 0.750. The van der Waals surface area contributed by atoms with E-state index in [1.165, 1.54) is 5.01 Å². The van der Waals surface area contributed by atoms with E-state index in [1.54, 1.807) is 11.3 Å². The van der Waals surface area contributed by atoms with Crippen molar-refractivity contribution in [1.29, 1.82) is 0 Å². The van der Waals surface area contributed by atoms with Crippen molar-refractivity contribution in [2.24, 2.45) is 11.8 Å². The summed E-state index contributed by atoms with van der Waals surface area (Å²) in [6.45, 7) is 10.1. The molecule has 86 valence electrons. The summed E-state index contributed by atoms with van der Waals surface area (Å²) in [5.41, 5.74) is 0. The van der Waals surface area contributed by atoms with Crippen molar-refractivity contribution in [1.82, 2.24) is 10.3 Å². The summed E-state index contributed by atoms with van der Waals surface area (Å²) in [5, 5.41) is 6.84. The lowest BCUT2D eigenvalue weighted by atomic mass is 9.92. The molecule has 1 unspecified atom stereocenters. The maximum Gasteiger partial charge on any atom is 0.0928 e. The predicted molar refractivity (Wildman–Crippen MR) is 67.3 cm³/mol. The minimum atomic E-state index is 0.572. The van der Waals surface area contributed by atoms with Crippen LogP contribution < -0.4 is 5.32 Å².